The van der Waals surface area contributed by atoms with Crippen LogP contribution in [0.25, 0.3) is 0 Å². The van der Waals surface area contributed by atoms with E-state index in [4.69, 9.17) is 0 Å². The van der Waals surface area contributed by atoms with Crippen molar-refractivity contribution in [3.63, 3.8) is 0 Å². The fourth-order valence-electron chi connectivity index (χ4n) is 2.20. The highest BCUT2D eigenvalue weighted by Crippen LogP contribution is 2.15. The maximum atomic E-state index is 3.59. The Hall–Kier alpha value is -0.0800. The third-order valence-electron chi connectivity index (χ3n) is 3.34. The molecule has 1 fully saturated rings. The van der Waals surface area contributed by atoms with E-state index in [-0.39, 0.29) is 0 Å². The highest BCUT2D eigenvalue weighted by Gasteiger charge is 2.23. The number of unbranched alkanes of at least 4 members (excludes halogenated alkanes) is 2. The smallest absolute Gasteiger partial charge is 0.0220 e. The van der Waals surface area contributed by atoms with Crippen molar-refractivity contribution in [2.45, 2.75) is 73.3 Å². The Labute approximate surface area is 117 Å². The van der Waals surface area contributed by atoms with Crippen LogP contribution >= 0.6 is 0 Å². The molecule has 0 saturated carbocycles. The molecule has 112 valence electrons. The van der Waals surface area contributed by atoms with Gasteiger partial charge in [0, 0.05) is 12.6 Å². The predicted octanol–water partition coefficient (Wildman–Crippen LogP) is 4.16. The van der Waals surface area contributed by atoms with Crippen LogP contribution in [-0.4, -0.2) is 37.6 Å². The summed E-state index contributed by atoms with van der Waals surface area (Å²) in [7, 11) is 2.25. The first-order valence-corrected chi connectivity index (χ1v) is 8.16. The molecule has 1 aliphatic rings. The van der Waals surface area contributed by atoms with E-state index < -0.39 is 0 Å². The largest absolute Gasteiger partial charge is 0.312 e. The summed E-state index contributed by atoms with van der Waals surface area (Å²) < 4.78 is 0. The SMILES string of the molecule is CC.CC.CCCCCN(C)CC1NCCC1C. The molecule has 0 aliphatic carbocycles. The lowest BCUT2D eigenvalue weighted by atomic mass is 10.0. The van der Waals surface area contributed by atoms with E-state index in [9.17, 15) is 0 Å². The molecule has 2 atom stereocenters. The lowest BCUT2D eigenvalue weighted by Crippen LogP contribution is -2.38. The van der Waals surface area contributed by atoms with Crippen LogP contribution < -0.4 is 5.32 Å². The summed E-state index contributed by atoms with van der Waals surface area (Å²) in [5.74, 6) is 0.864. The van der Waals surface area contributed by atoms with Gasteiger partial charge in [0.1, 0.15) is 0 Å². The number of hydrogen-bond donors (Lipinski definition) is 1. The van der Waals surface area contributed by atoms with Gasteiger partial charge in [-0.15, -0.1) is 0 Å². The van der Waals surface area contributed by atoms with E-state index in [1.54, 1.807) is 0 Å². The Balaban J connectivity index is 0. The lowest BCUT2D eigenvalue weighted by molar-refractivity contribution is 0.273. The highest BCUT2D eigenvalue weighted by molar-refractivity contribution is 4.82. The van der Waals surface area contributed by atoms with Gasteiger partial charge in [-0.25, -0.2) is 0 Å². The zero-order chi connectivity index (χ0) is 14.4. The molecule has 0 aromatic carbocycles. The molecule has 1 aliphatic heterocycles. The number of rotatable bonds is 6. The van der Waals surface area contributed by atoms with Gasteiger partial charge >= 0.3 is 0 Å². The van der Waals surface area contributed by atoms with Crippen LogP contribution in [0, 0.1) is 5.92 Å². The number of nitrogens with one attached hydrogen (secondary N) is 1. The minimum Gasteiger partial charge on any atom is -0.312 e. The monoisotopic (exact) mass is 258 g/mol. The van der Waals surface area contributed by atoms with Gasteiger partial charge in [0.15, 0.2) is 0 Å². The first-order valence-electron chi connectivity index (χ1n) is 8.16. The predicted molar refractivity (Wildman–Crippen MR) is 85.3 cm³/mol. The van der Waals surface area contributed by atoms with Crippen molar-refractivity contribution < 1.29 is 0 Å². The van der Waals surface area contributed by atoms with Crippen molar-refractivity contribution in [1.82, 2.24) is 10.2 Å². The Morgan fingerprint density at radius 2 is 1.72 bits per heavy atom. The summed E-state index contributed by atoms with van der Waals surface area (Å²) >= 11 is 0. The minimum absolute atomic E-state index is 0.738. The molecule has 0 amide bonds. The third kappa shape index (κ3) is 9.90. The molecule has 2 nitrogen and oxygen atoms in total. The van der Waals surface area contributed by atoms with E-state index in [1.807, 2.05) is 27.7 Å². The van der Waals surface area contributed by atoms with Gasteiger partial charge in [-0.3, -0.25) is 0 Å². The first kappa shape index (κ1) is 20.2. The van der Waals surface area contributed by atoms with Crippen LogP contribution in [0.15, 0.2) is 0 Å². The van der Waals surface area contributed by atoms with Gasteiger partial charge in [-0.05, 0) is 38.9 Å². The highest BCUT2D eigenvalue weighted by atomic mass is 15.1. The molecule has 18 heavy (non-hydrogen) atoms. The quantitative estimate of drug-likeness (QED) is 0.720. The molecule has 0 aromatic heterocycles. The molecule has 1 rings (SSSR count). The molecular weight excluding hydrogens is 220 g/mol. The van der Waals surface area contributed by atoms with Crippen LogP contribution in [0.1, 0.15) is 67.2 Å². The Kier molecular flexibility index (Phi) is 16.8. The van der Waals surface area contributed by atoms with Gasteiger partial charge in [-0.1, -0.05) is 54.4 Å². The average molecular weight is 258 g/mol. The molecule has 1 N–H and O–H groups in total. The Morgan fingerprint density at radius 1 is 1.11 bits per heavy atom. The fourth-order valence-corrected chi connectivity index (χ4v) is 2.20. The second kappa shape index (κ2) is 15.0. The fraction of sp³-hybridized carbons (Fsp3) is 1.00. The topological polar surface area (TPSA) is 15.3 Å². The second-order valence-electron chi connectivity index (χ2n) is 4.80. The van der Waals surface area contributed by atoms with Crippen molar-refractivity contribution in [1.29, 1.82) is 0 Å². The molecule has 0 spiro atoms. The number of hydrogen-bond acceptors (Lipinski definition) is 2. The van der Waals surface area contributed by atoms with Gasteiger partial charge in [0.2, 0.25) is 0 Å². The summed E-state index contributed by atoms with van der Waals surface area (Å²) in [5.41, 5.74) is 0. The van der Waals surface area contributed by atoms with Gasteiger partial charge in [0.05, 0.1) is 0 Å². The van der Waals surface area contributed by atoms with Crippen molar-refractivity contribution in [2.75, 3.05) is 26.7 Å². The zero-order valence-corrected chi connectivity index (χ0v) is 14.1. The van der Waals surface area contributed by atoms with E-state index in [1.165, 1.54) is 45.3 Å². The van der Waals surface area contributed by atoms with E-state index in [0.717, 1.165) is 12.0 Å². The zero-order valence-electron chi connectivity index (χ0n) is 14.1. The summed E-state index contributed by atoms with van der Waals surface area (Å²) in [4.78, 5) is 2.48. The van der Waals surface area contributed by atoms with E-state index >= 15 is 0 Å². The van der Waals surface area contributed by atoms with Crippen LogP contribution in [0.3, 0.4) is 0 Å². The Morgan fingerprint density at radius 3 is 2.17 bits per heavy atom. The van der Waals surface area contributed by atoms with Gasteiger partial charge < -0.3 is 10.2 Å². The molecule has 0 aromatic rings. The molecular formula is C16H38N2. The van der Waals surface area contributed by atoms with E-state index in [0.29, 0.717) is 0 Å². The van der Waals surface area contributed by atoms with Crippen molar-refractivity contribution in [2.24, 2.45) is 5.92 Å². The van der Waals surface area contributed by atoms with Crippen molar-refractivity contribution in [3.8, 4) is 0 Å². The van der Waals surface area contributed by atoms with Crippen LogP contribution in [0.2, 0.25) is 0 Å². The summed E-state index contributed by atoms with van der Waals surface area (Å²) in [6, 6.07) is 0.738. The van der Waals surface area contributed by atoms with Gasteiger partial charge in [-0.2, -0.15) is 0 Å². The summed E-state index contributed by atoms with van der Waals surface area (Å²) in [6.07, 6.45) is 5.41. The molecule has 0 radical (unpaired) electrons. The van der Waals surface area contributed by atoms with Crippen LogP contribution in [-0.2, 0) is 0 Å². The second-order valence-corrected chi connectivity index (χ2v) is 4.80. The maximum Gasteiger partial charge on any atom is 0.0220 e. The summed E-state index contributed by atoms with van der Waals surface area (Å²) in [5, 5.41) is 3.59. The van der Waals surface area contributed by atoms with Gasteiger partial charge in [0.25, 0.3) is 0 Å². The minimum atomic E-state index is 0.738. The average Bonchev–Trinajstić information content (AvgIpc) is 2.80. The normalized spacial score (nSPS) is 22.0. The maximum absolute atomic E-state index is 3.59. The standard InChI is InChI=1S/C12H26N2.2C2H6/c1-4-5-6-9-14(3)10-12-11(2)7-8-13-12;2*1-2/h11-13H,4-10H2,1-3H3;2*1-2H3. The Bertz CT molecular complexity index is 148. The van der Waals surface area contributed by atoms with Crippen molar-refractivity contribution in [3.05, 3.63) is 0 Å². The third-order valence-corrected chi connectivity index (χ3v) is 3.34. The van der Waals surface area contributed by atoms with Crippen LogP contribution in [0.4, 0.5) is 0 Å². The molecule has 1 heterocycles. The number of nitrogens with zero attached hydrogens (tertiary/aromatic N) is 1. The molecule has 0 bridgehead atoms. The van der Waals surface area contributed by atoms with Crippen LogP contribution in [0.5, 0.6) is 0 Å². The summed E-state index contributed by atoms with van der Waals surface area (Å²) in [6.45, 7) is 16.3. The molecule has 2 unspecified atom stereocenters. The number of likely N-dealkylation sites (N-methyl/N-ethyl adjacent to an activating group) is 1. The molecule has 1 saturated heterocycles. The van der Waals surface area contributed by atoms with E-state index in [2.05, 4.69) is 31.1 Å². The first-order chi connectivity index (χ1) is 8.74. The lowest BCUT2D eigenvalue weighted by Gasteiger charge is -2.23. The van der Waals surface area contributed by atoms with Crippen molar-refractivity contribution >= 4 is 0 Å². The molecule has 2 heteroatoms.